The fourth-order valence-corrected chi connectivity index (χ4v) is 2.21. The number of anilines is 1. The number of H-pyrrole nitrogens is 1. The maximum atomic E-state index is 12.0. The topological polar surface area (TPSA) is 71.8 Å². The first-order valence-corrected chi connectivity index (χ1v) is 6.41. The van der Waals surface area contributed by atoms with Crippen molar-refractivity contribution in [3.63, 3.8) is 0 Å². The van der Waals surface area contributed by atoms with E-state index >= 15 is 0 Å². The van der Waals surface area contributed by atoms with Crippen LogP contribution in [0.25, 0.3) is 0 Å². The van der Waals surface area contributed by atoms with Gasteiger partial charge >= 0.3 is 0 Å². The van der Waals surface area contributed by atoms with Gasteiger partial charge in [0.15, 0.2) is 0 Å². The van der Waals surface area contributed by atoms with Crippen LogP contribution < -0.4 is 11.3 Å². The Bertz CT molecular complexity index is 644. The van der Waals surface area contributed by atoms with Crippen LogP contribution in [-0.2, 0) is 6.42 Å². The van der Waals surface area contributed by atoms with Crippen molar-refractivity contribution in [3.05, 3.63) is 57.1 Å². The van der Waals surface area contributed by atoms with Crippen LogP contribution in [0.4, 0.5) is 5.82 Å². The SMILES string of the molecule is Cc1cccc(Cc2nc(N)c(C(C)C)c(=O)[nH]2)c1. The smallest absolute Gasteiger partial charge is 0.256 e. The van der Waals surface area contributed by atoms with Gasteiger partial charge in [0.05, 0.1) is 5.56 Å². The zero-order valence-electron chi connectivity index (χ0n) is 11.5. The van der Waals surface area contributed by atoms with E-state index in [2.05, 4.69) is 16.0 Å². The van der Waals surface area contributed by atoms with E-state index in [1.165, 1.54) is 5.56 Å². The number of nitrogens with zero attached hydrogens (tertiary/aromatic N) is 1. The van der Waals surface area contributed by atoms with E-state index in [1.807, 2.05) is 39.0 Å². The molecule has 2 aromatic rings. The largest absolute Gasteiger partial charge is 0.383 e. The summed E-state index contributed by atoms with van der Waals surface area (Å²) >= 11 is 0. The van der Waals surface area contributed by atoms with Crippen molar-refractivity contribution in [2.45, 2.75) is 33.1 Å². The molecule has 1 aromatic carbocycles. The van der Waals surface area contributed by atoms with Crippen LogP contribution in [0.5, 0.6) is 0 Å². The third kappa shape index (κ3) is 3.02. The standard InChI is InChI=1S/C15H19N3O/c1-9(2)13-14(16)17-12(18-15(13)19)8-11-6-4-5-10(3)7-11/h4-7,9H,8H2,1-3H3,(H3,16,17,18,19). The Morgan fingerprint density at radius 2 is 2.11 bits per heavy atom. The van der Waals surface area contributed by atoms with Crippen molar-refractivity contribution in [1.82, 2.24) is 9.97 Å². The fourth-order valence-electron chi connectivity index (χ4n) is 2.21. The lowest BCUT2D eigenvalue weighted by Crippen LogP contribution is -2.20. The van der Waals surface area contributed by atoms with Gasteiger partial charge in [0, 0.05) is 6.42 Å². The van der Waals surface area contributed by atoms with Gasteiger partial charge in [-0.15, -0.1) is 0 Å². The molecule has 19 heavy (non-hydrogen) atoms. The van der Waals surface area contributed by atoms with Gasteiger partial charge in [-0.3, -0.25) is 4.79 Å². The molecule has 0 saturated heterocycles. The van der Waals surface area contributed by atoms with Gasteiger partial charge in [-0.05, 0) is 18.4 Å². The molecule has 0 aliphatic heterocycles. The second kappa shape index (κ2) is 5.26. The normalized spacial score (nSPS) is 10.9. The van der Waals surface area contributed by atoms with Crippen LogP contribution in [0, 0.1) is 6.92 Å². The maximum Gasteiger partial charge on any atom is 0.256 e. The molecule has 0 aliphatic carbocycles. The van der Waals surface area contributed by atoms with E-state index in [4.69, 9.17) is 5.73 Å². The average molecular weight is 257 g/mol. The van der Waals surface area contributed by atoms with Gasteiger partial charge in [0.1, 0.15) is 11.6 Å². The molecule has 2 rings (SSSR count). The van der Waals surface area contributed by atoms with Crippen LogP contribution in [0.2, 0.25) is 0 Å². The molecule has 0 amide bonds. The molecule has 0 unspecified atom stereocenters. The number of hydrogen-bond acceptors (Lipinski definition) is 3. The maximum absolute atomic E-state index is 12.0. The molecule has 4 nitrogen and oxygen atoms in total. The Kier molecular flexibility index (Phi) is 3.69. The number of nitrogens with two attached hydrogens (primary N) is 1. The minimum atomic E-state index is -0.134. The summed E-state index contributed by atoms with van der Waals surface area (Å²) < 4.78 is 0. The summed E-state index contributed by atoms with van der Waals surface area (Å²) in [6, 6.07) is 8.12. The Labute approximate surface area is 112 Å². The highest BCUT2D eigenvalue weighted by Gasteiger charge is 2.12. The van der Waals surface area contributed by atoms with Crippen LogP contribution >= 0.6 is 0 Å². The van der Waals surface area contributed by atoms with Crippen LogP contribution in [0.1, 0.15) is 42.3 Å². The zero-order chi connectivity index (χ0) is 14.0. The molecule has 0 fully saturated rings. The zero-order valence-corrected chi connectivity index (χ0v) is 11.5. The Balaban J connectivity index is 2.35. The monoisotopic (exact) mass is 257 g/mol. The highest BCUT2D eigenvalue weighted by Crippen LogP contribution is 2.16. The van der Waals surface area contributed by atoms with Crippen molar-refractivity contribution in [2.75, 3.05) is 5.73 Å². The molecule has 0 spiro atoms. The van der Waals surface area contributed by atoms with E-state index in [0.29, 0.717) is 23.6 Å². The third-order valence-electron chi connectivity index (χ3n) is 3.07. The molecule has 3 N–H and O–H groups in total. The lowest BCUT2D eigenvalue weighted by atomic mass is 10.1. The lowest BCUT2D eigenvalue weighted by molar-refractivity contribution is 0.817. The summed E-state index contributed by atoms with van der Waals surface area (Å²) in [6.07, 6.45) is 0.583. The Morgan fingerprint density at radius 1 is 1.37 bits per heavy atom. The van der Waals surface area contributed by atoms with E-state index in [-0.39, 0.29) is 11.5 Å². The summed E-state index contributed by atoms with van der Waals surface area (Å²) in [4.78, 5) is 19.1. The Morgan fingerprint density at radius 3 is 2.68 bits per heavy atom. The molecular weight excluding hydrogens is 238 g/mol. The molecular formula is C15H19N3O. The molecule has 100 valence electrons. The number of aryl methyl sites for hydroxylation is 1. The molecule has 0 aliphatic rings. The minimum Gasteiger partial charge on any atom is -0.383 e. The summed E-state index contributed by atoms with van der Waals surface area (Å²) in [7, 11) is 0. The number of aromatic amines is 1. The minimum absolute atomic E-state index is 0.0734. The predicted octanol–water partition coefficient (Wildman–Crippen LogP) is 2.37. The molecule has 0 saturated carbocycles. The number of rotatable bonds is 3. The van der Waals surface area contributed by atoms with Crippen molar-refractivity contribution >= 4 is 5.82 Å². The van der Waals surface area contributed by atoms with Gasteiger partial charge in [-0.2, -0.15) is 0 Å². The number of aromatic nitrogens is 2. The summed E-state index contributed by atoms with van der Waals surface area (Å²) in [6.45, 7) is 5.90. The van der Waals surface area contributed by atoms with Crippen molar-refractivity contribution in [1.29, 1.82) is 0 Å². The summed E-state index contributed by atoms with van der Waals surface area (Å²) in [5, 5.41) is 0. The summed E-state index contributed by atoms with van der Waals surface area (Å²) in [5.41, 5.74) is 8.60. The molecule has 1 aromatic heterocycles. The van der Waals surface area contributed by atoms with Gasteiger partial charge in [-0.25, -0.2) is 4.98 Å². The quantitative estimate of drug-likeness (QED) is 0.886. The highest BCUT2D eigenvalue weighted by molar-refractivity contribution is 5.40. The number of hydrogen-bond donors (Lipinski definition) is 2. The van der Waals surface area contributed by atoms with Crippen molar-refractivity contribution in [2.24, 2.45) is 0 Å². The molecule has 0 atom stereocenters. The van der Waals surface area contributed by atoms with Crippen LogP contribution in [0.15, 0.2) is 29.1 Å². The van der Waals surface area contributed by atoms with Gasteiger partial charge in [0.25, 0.3) is 5.56 Å². The number of nitrogens with one attached hydrogen (secondary N) is 1. The van der Waals surface area contributed by atoms with Gasteiger partial charge < -0.3 is 10.7 Å². The fraction of sp³-hybridized carbons (Fsp3) is 0.333. The predicted molar refractivity (Wildman–Crippen MR) is 77.3 cm³/mol. The Hall–Kier alpha value is -2.10. The summed E-state index contributed by atoms with van der Waals surface area (Å²) in [5.74, 6) is 1.02. The molecule has 0 bridgehead atoms. The average Bonchev–Trinajstić information content (AvgIpc) is 2.27. The van der Waals surface area contributed by atoms with Gasteiger partial charge in [0.2, 0.25) is 0 Å². The first-order chi connectivity index (χ1) is 8.97. The van der Waals surface area contributed by atoms with Crippen molar-refractivity contribution in [3.8, 4) is 0 Å². The van der Waals surface area contributed by atoms with E-state index in [1.54, 1.807) is 0 Å². The third-order valence-corrected chi connectivity index (χ3v) is 3.07. The van der Waals surface area contributed by atoms with Crippen LogP contribution in [0.3, 0.4) is 0 Å². The highest BCUT2D eigenvalue weighted by atomic mass is 16.1. The second-order valence-electron chi connectivity index (χ2n) is 5.13. The second-order valence-corrected chi connectivity index (χ2v) is 5.13. The molecule has 1 heterocycles. The van der Waals surface area contributed by atoms with Gasteiger partial charge in [-0.1, -0.05) is 43.7 Å². The number of benzene rings is 1. The molecule has 0 radical (unpaired) electrons. The number of nitrogen functional groups attached to an aromatic ring is 1. The van der Waals surface area contributed by atoms with Crippen molar-refractivity contribution < 1.29 is 0 Å². The van der Waals surface area contributed by atoms with E-state index < -0.39 is 0 Å². The molecule has 4 heteroatoms. The first kappa shape index (κ1) is 13.3. The van der Waals surface area contributed by atoms with Crippen LogP contribution in [-0.4, -0.2) is 9.97 Å². The first-order valence-electron chi connectivity index (χ1n) is 6.41. The van der Waals surface area contributed by atoms with E-state index in [9.17, 15) is 4.79 Å². The van der Waals surface area contributed by atoms with E-state index in [0.717, 1.165) is 5.56 Å². The lowest BCUT2D eigenvalue weighted by Gasteiger charge is -2.09.